The predicted molar refractivity (Wildman–Crippen MR) is 102 cm³/mol. The van der Waals surface area contributed by atoms with Gasteiger partial charge in [-0.05, 0) is 60.3 Å². The van der Waals surface area contributed by atoms with E-state index in [1.54, 1.807) is 0 Å². The number of aryl methyl sites for hydroxylation is 1. The van der Waals surface area contributed by atoms with Gasteiger partial charge in [0.1, 0.15) is 0 Å². The lowest BCUT2D eigenvalue weighted by molar-refractivity contribution is 0.174. The monoisotopic (exact) mass is 354 g/mol. The summed E-state index contributed by atoms with van der Waals surface area (Å²) in [6.07, 6.45) is 3.51. The molecular weight excluding hydrogens is 332 g/mol. The van der Waals surface area contributed by atoms with Crippen molar-refractivity contribution in [1.82, 2.24) is 10.2 Å². The second-order valence-corrected chi connectivity index (χ2v) is 6.95. The molecule has 4 rings (SSSR count). The number of nitrogens with one attached hydrogen (secondary N) is 1. The molecule has 1 atom stereocenters. The van der Waals surface area contributed by atoms with E-state index in [1.165, 1.54) is 17.5 Å². The minimum atomic E-state index is 0.300. The zero-order chi connectivity index (χ0) is 17.2. The maximum Gasteiger partial charge on any atom is 0.231 e. The van der Waals surface area contributed by atoms with Crippen molar-refractivity contribution in [2.24, 2.45) is 0 Å². The van der Waals surface area contributed by atoms with Gasteiger partial charge in [0, 0.05) is 13.6 Å². The van der Waals surface area contributed by atoms with Gasteiger partial charge >= 0.3 is 0 Å². The van der Waals surface area contributed by atoms with Gasteiger partial charge in [-0.3, -0.25) is 0 Å². The average Bonchev–Trinajstić information content (AvgIpc) is 3.13. The third kappa shape index (κ3) is 3.29. The molecule has 0 spiro atoms. The highest BCUT2D eigenvalue weighted by Crippen LogP contribution is 2.34. The van der Waals surface area contributed by atoms with Gasteiger partial charge < -0.3 is 19.7 Å². The van der Waals surface area contributed by atoms with E-state index in [1.807, 2.05) is 18.2 Å². The van der Waals surface area contributed by atoms with Crippen molar-refractivity contribution in [1.29, 1.82) is 0 Å². The second kappa shape index (κ2) is 6.92. The van der Waals surface area contributed by atoms with Crippen molar-refractivity contribution in [2.45, 2.75) is 31.8 Å². The molecule has 0 aromatic heterocycles. The first-order valence-corrected chi connectivity index (χ1v) is 9.10. The molecule has 2 aromatic carbocycles. The fraction of sp³-hybridized carbons (Fsp3) is 0.350. The van der Waals surface area contributed by atoms with Crippen LogP contribution in [0.25, 0.3) is 0 Å². The molecule has 2 aliphatic rings. The van der Waals surface area contributed by atoms with E-state index >= 15 is 0 Å². The SMILES string of the molecule is CN(C(=S)NCc1ccc2c(c1)OCO2)[C@@H]1CCCc2ccccc21. The molecule has 4 nitrogen and oxygen atoms in total. The molecule has 0 saturated heterocycles. The van der Waals surface area contributed by atoms with E-state index in [2.05, 4.69) is 41.5 Å². The first-order chi connectivity index (χ1) is 12.2. The summed E-state index contributed by atoms with van der Waals surface area (Å²) in [7, 11) is 2.09. The van der Waals surface area contributed by atoms with Gasteiger partial charge in [0.2, 0.25) is 6.79 Å². The minimum Gasteiger partial charge on any atom is -0.454 e. The molecule has 5 heteroatoms. The normalized spacial score (nSPS) is 17.7. The quantitative estimate of drug-likeness (QED) is 0.848. The Labute approximate surface area is 153 Å². The second-order valence-electron chi connectivity index (χ2n) is 6.56. The van der Waals surface area contributed by atoms with Crippen LogP contribution in [-0.4, -0.2) is 23.9 Å². The van der Waals surface area contributed by atoms with Crippen LogP contribution >= 0.6 is 12.2 Å². The Hall–Kier alpha value is -2.27. The standard InChI is InChI=1S/C20H22N2O2S/c1-22(17-8-4-6-15-5-2-3-7-16(15)17)20(25)21-12-14-9-10-18-19(11-14)24-13-23-18/h2-3,5,7,9-11,17H,4,6,8,12-13H2,1H3,(H,21,25)/t17-/m1/s1. The molecule has 0 fully saturated rings. The molecule has 2 aromatic rings. The van der Waals surface area contributed by atoms with Gasteiger partial charge in [-0.15, -0.1) is 0 Å². The topological polar surface area (TPSA) is 33.7 Å². The average molecular weight is 354 g/mol. The lowest BCUT2D eigenvalue weighted by Gasteiger charge is -2.35. The van der Waals surface area contributed by atoms with Crippen LogP contribution in [0.4, 0.5) is 0 Å². The maximum absolute atomic E-state index is 5.64. The van der Waals surface area contributed by atoms with Gasteiger partial charge in [-0.25, -0.2) is 0 Å². The molecule has 0 amide bonds. The Balaban J connectivity index is 1.41. The van der Waals surface area contributed by atoms with E-state index < -0.39 is 0 Å². The molecule has 1 aliphatic carbocycles. The Bertz CT molecular complexity index is 793. The lowest BCUT2D eigenvalue weighted by Crippen LogP contribution is -2.40. The van der Waals surface area contributed by atoms with Crippen LogP contribution in [0.1, 0.15) is 35.6 Å². The van der Waals surface area contributed by atoms with Crippen molar-refractivity contribution in [3.05, 3.63) is 59.2 Å². The van der Waals surface area contributed by atoms with Gasteiger partial charge in [-0.2, -0.15) is 0 Å². The number of hydrogen-bond donors (Lipinski definition) is 1. The smallest absolute Gasteiger partial charge is 0.231 e. The first kappa shape index (κ1) is 16.2. The molecule has 0 saturated carbocycles. The van der Waals surface area contributed by atoms with Crippen LogP contribution in [0.5, 0.6) is 11.5 Å². The van der Waals surface area contributed by atoms with Crippen LogP contribution in [0.15, 0.2) is 42.5 Å². The van der Waals surface area contributed by atoms with Crippen molar-refractivity contribution >= 4 is 17.3 Å². The van der Waals surface area contributed by atoms with Crippen LogP contribution in [0.3, 0.4) is 0 Å². The molecule has 1 N–H and O–H groups in total. The van der Waals surface area contributed by atoms with Crippen molar-refractivity contribution in [3.63, 3.8) is 0 Å². The summed E-state index contributed by atoms with van der Waals surface area (Å²) in [5.74, 6) is 1.61. The number of thiocarbonyl (C=S) groups is 1. The number of fused-ring (bicyclic) bond motifs is 2. The zero-order valence-electron chi connectivity index (χ0n) is 14.3. The number of hydrogen-bond acceptors (Lipinski definition) is 3. The van der Waals surface area contributed by atoms with Crippen LogP contribution in [0.2, 0.25) is 0 Å². The number of benzene rings is 2. The van der Waals surface area contributed by atoms with Gasteiger partial charge in [0.15, 0.2) is 16.6 Å². The summed E-state index contributed by atoms with van der Waals surface area (Å²) in [6, 6.07) is 15.1. The van der Waals surface area contributed by atoms with Crippen molar-refractivity contribution < 1.29 is 9.47 Å². The number of ether oxygens (including phenoxy) is 2. The minimum absolute atomic E-state index is 0.300. The summed E-state index contributed by atoms with van der Waals surface area (Å²) in [6.45, 7) is 0.975. The zero-order valence-corrected chi connectivity index (χ0v) is 15.1. The summed E-state index contributed by atoms with van der Waals surface area (Å²) in [4.78, 5) is 2.19. The molecular formula is C20H22N2O2S. The molecule has 25 heavy (non-hydrogen) atoms. The Morgan fingerprint density at radius 3 is 2.96 bits per heavy atom. The van der Waals surface area contributed by atoms with E-state index in [4.69, 9.17) is 21.7 Å². The van der Waals surface area contributed by atoms with Crippen LogP contribution < -0.4 is 14.8 Å². The van der Waals surface area contributed by atoms with E-state index in [-0.39, 0.29) is 0 Å². The first-order valence-electron chi connectivity index (χ1n) is 8.69. The summed E-state index contributed by atoms with van der Waals surface area (Å²) in [5.41, 5.74) is 3.98. The van der Waals surface area contributed by atoms with Crippen molar-refractivity contribution in [2.75, 3.05) is 13.8 Å². The Morgan fingerprint density at radius 1 is 1.20 bits per heavy atom. The fourth-order valence-electron chi connectivity index (χ4n) is 3.63. The molecule has 1 heterocycles. The molecule has 0 bridgehead atoms. The molecule has 0 radical (unpaired) electrons. The third-order valence-electron chi connectivity index (χ3n) is 5.01. The van der Waals surface area contributed by atoms with Crippen LogP contribution in [-0.2, 0) is 13.0 Å². The highest BCUT2D eigenvalue weighted by atomic mass is 32.1. The number of nitrogens with zero attached hydrogens (tertiary/aromatic N) is 1. The Morgan fingerprint density at radius 2 is 2.04 bits per heavy atom. The summed E-state index contributed by atoms with van der Waals surface area (Å²) < 4.78 is 10.8. The van der Waals surface area contributed by atoms with Crippen molar-refractivity contribution in [3.8, 4) is 11.5 Å². The lowest BCUT2D eigenvalue weighted by atomic mass is 9.87. The maximum atomic E-state index is 5.64. The predicted octanol–water partition coefficient (Wildman–Crippen LogP) is 3.80. The highest BCUT2D eigenvalue weighted by molar-refractivity contribution is 7.80. The molecule has 1 aliphatic heterocycles. The van der Waals surface area contributed by atoms with Gasteiger partial charge in [0.25, 0.3) is 0 Å². The summed E-state index contributed by atoms with van der Waals surface area (Å²) >= 11 is 5.64. The van der Waals surface area contributed by atoms with Crippen LogP contribution in [0, 0.1) is 0 Å². The number of rotatable bonds is 3. The van der Waals surface area contributed by atoms with E-state index in [9.17, 15) is 0 Å². The fourth-order valence-corrected chi connectivity index (χ4v) is 3.82. The van der Waals surface area contributed by atoms with Gasteiger partial charge in [0.05, 0.1) is 6.04 Å². The molecule has 0 unspecified atom stereocenters. The third-order valence-corrected chi connectivity index (χ3v) is 5.44. The molecule has 130 valence electrons. The Kier molecular flexibility index (Phi) is 4.49. The highest BCUT2D eigenvalue weighted by Gasteiger charge is 2.24. The van der Waals surface area contributed by atoms with E-state index in [0.29, 0.717) is 19.4 Å². The largest absolute Gasteiger partial charge is 0.454 e. The van der Waals surface area contributed by atoms with E-state index in [0.717, 1.165) is 35.0 Å². The summed E-state index contributed by atoms with van der Waals surface area (Å²) in [5, 5.41) is 4.16. The van der Waals surface area contributed by atoms with Gasteiger partial charge in [-0.1, -0.05) is 30.3 Å².